The summed E-state index contributed by atoms with van der Waals surface area (Å²) in [6, 6.07) is 0. The largest absolute Gasteiger partial charge is 0.393 e. The SMILES string of the molecule is CCC[C@H](C)CC[C@@H](CC)[C@@H]1CC[C@@H]2[C@H]3C(=O)C=C4C[C@@H](O)CC[C@@]4(CC)[C@@H]3CC[C@@]21CC. The minimum absolute atomic E-state index is 0.190. The van der Waals surface area contributed by atoms with E-state index < -0.39 is 0 Å². The maximum absolute atomic E-state index is 13.7. The second kappa shape index (κ2) is 10.2. The van der Waals surface area contributed by atoms with Crippen LogP contribution in [0.25, 0.3) is 0 Å². The smallest absolute Gasteiger partial charge is 0.159 e. The number of rotatable bonds is 9. The summed E-state index contributed by atoms with van der Waals surface area (Å²) in [5.74, 6) is 4.30. The van der Waals surface area contributed by atoms with Crippen LogP contribution in [0.4, 0.5) is 0 Å². The minimum atomic E-state index is -0.241. The van der Waals surface area contributed by atoms with E-state index in [-0.39, 0.29) is 17.4 Å². The van der Waals surface area contributed by atoms with Crippen LogP contribution in [0.2, 0.25) is 0 Å². The third-order valence-corrected chi connectivity index (χ3v) is 11.6. The van der Waals surface area contributed by atoms with Gasteiger partial charge in [-0.3, -0.25) is 4.79 Å². The van der Waals surface area contributed by atoms with Gasteiger partial charge in [0.05, 0.1) is 6.10 Å². The predicted molar refractivity (Wildman–Crippen MR) is 138 cm³/mol. The summed E-state index contributed by atoms with van der Waals surface area (Å²) in [4.78, 5) is 13.7. The van der Waals surface area contributed by atoms with Crippen molar-refractivity contribution in [2.24, 2.45) is 46.3 Å². The molecule has 0 saturated heterocycles. The van der Waals surface area contributed by atoms with Gasteiger partial charge in [0, 0.05) is 5.92 Å². The van der Waals surface area contributed by atoms with Gasteiger partial charge in [-0.15, -0.1) is 0 Å². The molecule has 0 amide bonds. The summed E-state index contributed by atoms with van der Waals surface area (Å²) in [6.07, 6.45) is 18.9. The summed E-state index contributed by atoms with van der Waals surface area (Å²) in [5.41, 5.74) is 1.89. The Labute approximate surface area is 204 Å². The quantitative estimate of drug-likeness (QED) is 0.380. The van der Waals surface area contributed by atoms with E-state index >= 15 is 0 Å². The van der Waals surface area contributed by atoms with Gasteiger partial charge in [-0.05, 0) is 111 Å². The molecule has 33 heavy (non-hydrogen) atoms. The van der Waals surface area contributed by atoms with Crippen molar-refractivity contribution >= 4 is 5.78 Å². The highest BCUT2D eigenvalue weighted by molar-refractivity contribution is 5.94. The summed E-state index contributed by atoms with van der Waals surface area (Å²) in [5, 5.41) is 10.4. The molecule has 4 aliphatic carbocycles. The Kier molecular flexibility index (Phi) is 7.84. The molecule has 0 heterocycles. The zero-order chi connectivity index (χ0) is 23.8. The topological polar surface area (TPSA) is 37.3 Å². The molecule has 0 aromatic heterocycles. The molecule has 2 nitrogen and oxygen atoms in total. The molecular weight excluding hydrogens is 404 g/mol. The van der Waals surface area contributed by atoms with E-state index in [9.17, 15) is 9.90 Å². The highest BCUT2D eigenvalue weighted by atomic mass is 16.3. The Balaban J connectivity index is 1.61. The van der Waals surface area contributed by atoms with Crippen LogP contribution < -0.4 is 0 Å². The molecule has 0 aromatic carbocycles. The maximum atomic E-state index is 13.7. The number of hydrogen-bond donors (Lipinski definition) is 1. The molecular formula is C31H52O2. The molecule has 0 bridgehead atoms. The molecule has 0 spiro atoms. The molecule has 3 saturated carbocycles. The monoisotopic (exact) mass is 456 g/mol. The van der Waals surface area contributed by atoms with E-state index in [0.717, 1.165) is 43.4 Å². The molecule has 4 rings (SSSR count). The number of carbonyl (C=O) groups excluding carboxylic acids is 1. The van der Waals surface area contributed by atoms with Crippen molar-refractivity contribution in [3.63, 3.8) is 0 Å². The predicted octanol–water partition coefficient (Wildman–Crippen LogP) is 8.13. The van der Waals surface area contributed by atoms with Gasteiger partial charge in [-0.1, -0.05) is 65.9 Å². The van der Waals surface area contributed by atoms with Gasteiger partial charge in [-0.2, -0.15) is 0 Å². The molecule has 3 fully saturated rings. The van der Waals surface area contributed by atoms with Gasteiger partial charge in [0.1, 0.15) is 0 Å². The number of hydrogen-bond acceptors (Lipinski definition) is 2. The zero-order valence-electron chi connectivity index (χ0n) is 22.4. The standard InChI is InChI=1S/C31H52O2/c1-6-10-21(5)11-12-22(7-2)25-13-14-26-29-27(16-18-31(25,26)9-4)30(8-3)17-15-24(32)19-23(30)20-28(29)33/h20-22,24-27,29,32H,6-19H2,1-5H3/t21-,22+,24-,25-,26+,27+,29+,30+,31+/m0/s1. The summed E-state index contributed by atoms with van der Waals surface area (Å²) >= 11 is 0. The fourth-order valence-electron chi connectivity index (χ4n) is 9.95. The van der Waals surface area contributed by atoms with E-state index in [1.165, 1.54) is 69.8 Å². The lowest BCUT2D eigenvalue weighted by molar-refractivity contribution is -0.138. The van der Waals surface area contributed by atoms with E-state index in [0.29, 0.717) is 23.0 Å². The number of carbonyl (C=O) groups is 1. The first-order chi connectivity index (χ1) is 15.9. The minimum Gasteiger partial charge on any atom is -0.393 e. The Morgan fingerprint density at radius 3 is 2.42 bits per heavy atom. The summed E-state index contributed by atoms with van der Waals surface area (Å²) in [6.45, 7) is 12.0. The fraction of sp³-hybridized carbons (Fsp3) is 0.903. The normalized spacial score (nSPS) is 42.2. The molecule has 0 aliphatic heterocycles. The average Bonchev–Trinajstić information content (AvgIpc) is 3.19. The Bertz CT molecular complexity index is 724. The molecule has 1 N–H and O–H groups in total. The first kappa shape index (κ1) is 25.5. The second-order valence-corrected chi connectivity index (χ2v) is 12.7. The number of ketones is 1. The third kappa shape index (κ3) is 4.19. The molecule has 188 valence electrons. The van der Waals surface area contributed by atoms with Gasteiger partial charge >= 0.3 is 0 Å². The summed E-state index contributed by atoms with van der Waals surface area (Å²) in [7, 11) is 0. The van der Waals surface area contributed by atoms with E-state index in [1.54, 1.807) is 0 Å². The van der Waals surface area contributed by atoms with E-state index in [1.807, 2.05) is 0 Å². The lowest BCUT2D eigenvalue weighted by atomic mass is 9.44. The lowest BCUT2D eigenvalue weighted by Gasteiger charge is -2.59. The molecule has 4 aliphatic rings. The van der Waals surface area contributed by atoms with Crippen molar-refractivity contribution in [1.29, 1.82) is 0 Å². The number of allylic oxidation sites excluding steroid dienone is 1. The van der Waals surface area contributed by atoms with Crippen LogP contribution >= 0.6 is 0 Å². The van der Waals surface area contributed by atoms with Crippen LogP contribution in [0.3, 0.4) is 0 Å². The van der Waals surface area contributed by atoms with Gasteiger partial charge in [0.2, 0.25) is 0 Å². The molecule has 0 aromatic rings. The first-order valence-electron chi connectivity index (χ1n) is 14.8. The van der Waals surface area contributed by atoms with Gasteiger partial charge in [-0.25, -0.2) is 0 Å². The Morgan fingerprint density at radius 1 is 0.970 bits per heavy atom. The van der Waals surface area contributed by atoms with Crippen molar-refractivity contribution in [3.05, 3.63) is 11.6 Å². The van der Waals surface area contributed by atoms with Crippen LogP contribution in [0.1, 0.15) is 125 Å². The Hall–Kier alpha value is -0.630. The van der Waals surface area contributed by atoms with E-state index in [2.05, 4.69) is 40.7 Å². The van der Waals surface area contributed by atoms with E-state index in [4.69, 9.17) is 0 Å². The maximum Gasteiger partial charge on any atom is 0.159 e. The average molecular weight is 457 g/mol. The lowest BCUT2D eigenvalue weighted by Crippen LogP contribution is -2.55. The number of fused-ring (bicyclic) bond motifs is 5. The van der Waals surface area contributed by atoms with Crippen LogP contribution in [-0.2, 0) is 4.79 Å². The van der Waals surface area contributed by atoms with Crippen LogP contribution in [0.15, 0.2) is 11.6 Å². The molecule has 0 radical (unpaired) electrons. The zero-order valence-corrected chi connectivity index (χ0v) is 22.4. The van der Waals surface area contributed by atoms with Gasteiger partial charge in [0.15, 0.2) is 5.78 Å². The van der Waals surface area contributed by atoms with Crippen molar-refractivity contribution in [2.45, 2.75) is 131 Å². The van der Waals surface area contributed by atoms with Crippen molar-refractivity contribution < 1.29 is 9.90 Å². The molecule has 9 atom stereocenters. The van der Waals surface area contributed by atoms with Crippen LogP contribution in [0.5, 0.6) is 0 Å². The summed E-state index contributed by atoms with van der Waals surface area (Å²) < 4.78 is 0. The first-order valence-corrected chi connectivity index (χ1v) is 14.8. The van der Waals surface area contributed by atoms with Gasteiger partial charge < -0.3 is 5.11 Å². The van der Waals surface area contributed by atoms with Gasteiger partial charge in [0.25, 0.3) is 0 Å². The third-order valence-electron chi connectivity index (χ3n) is 11.6. The highest BCUT2D eigenvalue weighted by Crippen LogP contribution is 2.68. The second-order valence-electron chi connectivity index (χ2n) is 12.7. The number of aliphatic hydroxyl groups is 1. The fourth-order valence-corrected chi connectivity index (χ4v) is 9.95. The molecule has 0 unspecified atom stereocenters. The number of aliphatic hydroxyl groups excluding tert-OH is 1. The van der Waals surface area contributed by atoms with Crippen LogP contribution in [-0.4, -0.2) is 17.0 Å². The van der Waals surface area contributed by atoms with Crippen molar-refractivity contribution in [1.82, 2.24) is 0 Å². The Morgan fingerprint density at radius 2 is 1.76 bits per heavy atom. The highest BCUT2D eigenvalue weighted by Gasteiger charge is 2.63. The van der Waals surface area contributed by atoms with Crippen LogP contribution in [0, 0.1) is 46.3 Å². The molecule has 2 heteroatoms. The van der Waals surface area contributed by atoms with Crippen molar-refractivity contribution in [2.75, 3.05) is 0 Å². The van der Waals surface area contributed by atoms with Crippen molar-refractivity contribution in [3.8, 4) is 0 Å².